The van der Waals surface area contributed by atoms with Crippen LogP contribution in [0.4, 0.5) is 0 Å². The lowest BCUT2D eigenvalue weighted by atomic mass is 10.0. The van der Waals surface area contributed by atoms with Crippen LogP contribution in [0.5, 0.6) is 0 Å². The van der Waals surface area contributed by atoms with Gasteiger partial charge in [-0.15, -0.1) is 11.3 Å². The van der Waals surface area contributed by atoms with E-state index >= 15 is 0 Å². The lowest BCUT2D eigenvalue weighted by Crippen LogP contribution is -2.32. The minimum absolute atomic E-state index is 0.497. The van der Waals surface area contributed by atoms with E-state index in [2.05, 4.69) is 48.4 Å². The van der Waals surface area contributed by atoms with Crippen molar-refractivity contribution < 1.29 is 0 Å². The first-order chi connectivity index (χ1) is 8.78. The van der Waals surface area contributed by atoms with Crippen LogP contribution in [0.3, 0.4) is 0 Å². The molecule has 96 valence electrons. The van der Waals surface area contributed by atoms with Crippen LogP contribution in [0.25, 0.3) is 0 Å². The van der Waals surface area contributed by atoms with Crippen molar-refractivity contribution in [1.29, 1.82) is 0 Å². The molecule has 0 spiro atoms. The molecule has 0 saturated carbocycles. The van der Waals surface area contributed by atoms with Crippen LogP contribution >= 0.6 is 11.3 Å². The van der Waals surface area contributed by atoms with Crippen molar-refractivity contribution in [3.63, 3.8) is 0 Å². The Bertz CT molecular complexity index is 465. The predicted octanol–water partition coefficient (Wildman–Crippen LogP) is 3.21. The summed E-state index contributed by atoms with van der Waals surface area (Å²) in [5.74, 6) is 0. The van der Waals surface area contributed by atoms with E-state index in [1.807, 2.05) is 11.7 Å². The molecule has 1 aromatic heterocycles. The monoisotopic (exact) mass is 260 g/mol. The number of thiazole rings is 1. The second kappa shape index (κ2) is 6.66. The van der Waals surface area contributed by atoms with E-state index in [1.165, 1.54) is 16.0 Å². The summed E-state index contributed by atoms with van der Waals surface area (Å²) in [6, 6.07) is 9.27. The van der Waals surface area contributed by atoms with Gasteiger partial charge in [0.05, 0.1) is 5.51 Å². The molecule has 2 aromatic rings. The number of hydrogen-bond donors (Lipinski definition) is 1. The summed E-state index contributed by atoms with van der Waals surface area (Å²) in [6.45, 7) is 5.32. The number of nitrogens with zero attached hydrogens (tertiary/aromatic N) is 1. The van der Waals surface area contributed by atoms with Gasteiger partial charge in [-0.05, 0) is 31.9 Å². The minimum Gasteiger partial charge on any atom is -0.314 e. The van der Waals surface area contributed by atoms with E-state index < -0.39 is 0 Å². The lowest BCUT2D eigenvalue weighted by Gasteiger charge is -2.17. The molecular weight excluding hydrogens is 240 g/mol. The Morgan fingerprint density at radius 1 is 1.33 bits per heavy atom. The first kappa shape index (κ1) is 13.2. The van der Waals surface area contributed by atoms with Crippen molar-refractivity contribution in [3.8, 4) is 0 Å². The fraction of sp³-hybridized carbons (Fsp3) is 0.400. The fourth-order valence-corrected chi connectivity index (χ4v) is 2.89. The molecule has 1 N–H and O–H groups in total. The molecule has 2 nitrogen and oxygen atoms in total. The van der Waals surface area contributed by atoms with Crippen molar-refractivity contribution in [1.82, 2.24) is 10.3 Å². The van der Waals surface area contributed by atoms with Crippen LogP contribution in [-0.4, -0.2) is 17.6 Å². The summed E-state index contributed by atoms with van der Waals surface area (Å²) >= 11 is 1.74. The van der Waals surface area contributed by atoms with Gasteiger partial charge < -0.3 is 5.32 Å². The molecule has 3 heteroatoms. The fourth-order valence-electron chi connectivity index (χ4n) is 2.21. The number of likely N-dealkylation sites (N-methyl/N-ethyl adjacent to an activating group) is 1. The average Bonchev–Trinajstić information content (AvgIpc) is 2.82. The molecule has 1 atom stereocenters. The number of benzene rings is 1. The molecule has 2 rings (SSSR count). The number of rotatable bonds is 6. The van der Waals surface area contributed by atoms with Crippen LogP contribution in [-0.2, 0) is 12.8 Å². The van der Waals surface area contributed by atoms with Gasteiger partial charge in [0.1, 0.15) is 0 Å². The molecule has 0 bridgehead atoms. The van der Waals surface area contributed by atoms with Crippen molar-refractivity contribution in [2.45, 2.75) is 32.7 Å². The number of aryl methyl sites for hydroxylation is 1. The van der Waals surface area contributed by atoms with Crippen LogP contribution in [0.15, 0.2) is 36.0 Å². The molecular formula is C15H20N2S. The van der Waals surface area contributed by atoms with E-state index in [9.17, 15) is 0 Å². The maximum atomic E-state index is 4.15. The Morgan fingerprint density at radius 3 is 2.89 bits per heavy atom. The van der Waals surface area contributed by atoms with Gasteiger partial charge in [0.15, 0.2) is 0 Å². The zero-order valence-corrected chi connectivity index (χ0v) is 11.8. The highest BCUT2D eigenvalue weighted by atomic mass is 32.1. The highest BCUT2D eigenvalue weighted by Gasteiger charge is 2.10. The standard InChI is InChI=1S/C15H20N2S/c1-3-17-14(9-15-10-16-11-18-15)8-13-6-4-5-12(2)7-13/h4-7,10-11,14,17H,3,8-9H2,1-2H3. The number of hydrogen-bond acceptors (Lipinski definition) is 3. The van der Waals surface area contributed by atoms with E-state index in [1.54, 1.807) is 11.3 Å². The summed E-state index contributed by atoms with van der Waals surface area (Å²) < 4.78 is 0. The average molecular weight is 260 g/mol. The number of nitrogens with one attached hydrogen (secondary N) is 1. The van der Waals surface area contributed by atoms with E-state index in [-0.39, 0.29) is 0 Å². The third-order valence-electron chi connectivity index (χ3n) is 2.99. The SMILES string of the molecule is CCNC(Cc1cccc(C)c1)Cc1cncs1. The number of aromatic nitrogens is 1. The quantitative estimate of drug-likeness (QED) is 0.862. The maximum Gasteiger partial charge on any atom is 0.0794 e. The maximum absolute atomic E-state index is 4.15. The molecule has 0 fully saturated rings. The van der Waals surface area contributed by atoms with Gasteiger partial charge in [-0.2, -0.15) is 0 Å². The highest BCUT2D eigenvalue weighted by Crippen LogP contribution is 2.13. The summed E-state index contributed by atoms with van der Waals surface area (Å²) in [4.78, 5) is 5.50. The van der Waals surface area contributed by atoms with Gasteiger partial charge in [0, 0.05) is 17.1 Å². The Labute approximate surface area is 113 Å². The summed E-state index contributed by atoms with van der Waals surface area (Å²) in [5.41, 5.74) is 4.65. The van der Waals surface area contributed by atoms with Crippen molar-refractivity contribution in [2.24, 2.45) is 0 Å². The van der Waals surface area contributed by atoms with Gasteiger partial charge in [-0.3, -0.25) is 4.98 Å². The van der Waals surface area contributed by atoms with E-state index in [0.717, 1.165) is 19.4 Å². The molecule has 1 heterocycles. The molecule has 0 amide bonds. The van der Waals surface area contributed by atoms with Crippen LogP contribution in [0.1, 0.15) is 22.9 Å². The molecule has 1 unspecified atom stereocenters. The van der Waals surface area contributed by atoms with E-state index in [0.29, 0.717) is 6.04 Å². The van der Waals surface area contributed by atoms with Crippen LogP contribution in [0.2, 0.25) is 0 Å². The largest absolute Gasteiger partial charge is 0.314 e. The minimum atomic E-state index is 0.497. The van der Waals surface area contributed by atoms with Gasteiger partial charge in [-0.25, -0.2) is 0 Å². The van der Waals surface area contributed by atoms with Gasteiger partial charge in [0.25, 0.3) is 0 Å². The second-order valence-electron chi connectivity index (χ2n) is 4.62. The second-order valence-corrected chi connectivity index (χ2v) is 5.59. The highest BCUT2D eigenvalue weighted by molar-refractivity contribution is 7.09. The zero-order chi connectivity index (χ0) is 12.8. The normalized spacial score (nSPS) is 12.6. The van der Waals surface area contributed by atoms with Gasteiger partial charge in [-0.1, -0.05) is 36.8 Å². The first-order valence-electron chi connectivity index (χ1n) is 6.44. The smallest absolute Gasteiger partial charge is 0.0794 e. The summed E-state index contributed by atoms with van der Waals surface area (Å²) in [6.07, 6.45) is 4.12. The Morgan fingerprint density at radius 2 is 2.22 bits per heavy atom. The predicted molar refractivity (Wildman–Crippen MR) is 78.2 cm³/mol. The third kappa shape index (κ3) is 3.93. The first-order valence-corrected chi connectivity index (χ1v) is 7.32. The molecule has 0 saturated heterocycles. The molecule has 0 aliphatic carbocycles. The van der Waals surface area contributed by atoms with Gasteiger partial charge in [0.2, 0.25) is 0 Å². The van der Waals surface area contributed by atoms with Crippen LogP contribution in [0, 0.1) is 6.92 Å². The Kier molecular flexibility index (Phi) is 4.90. The summed E-state index contributed by atoms with van der Waals surface area (Å²) in [7, 11) is 0. The third-order valence-corrected chi connectivity index (χ3v) is 3.79. The zero-order valence-electron chi connectivity index (χ0n) is 11.0. The topological polar surface area (TPSA) is 24.9 Å². The Hall–Kier alpha value is -1.19. The lowest BCUT2D eigenvalue weighted by molar-refractivity contribution is 0.524. The molecule has 18 heavy (non-hydrogen) atoms. The molecule has 0 radical (unpaired) electrons. The van der Waals surface area contributed by atoms with Crippen molar-refractivity contribution in [2.75, 3.05) is 6.54 Å². The van der Waals surface area contributed by atoms with Crippen molar-refractivity contribution >= 4 is 11.3 Å². The summed E-state index contributed by atoms with van der Waals surface area (Å²) in [5, 5.41) is 3.57. The molecule has 0 aliphatic rings. The van der Waals surface area contributed by atoms with E-state index in [4.69, 9.17) is 0 Å². The van der Waals surface area contributed by atoms with Gasteiger partial charge >= 0.3 is 0 Å². The van der Waals surface area contributed by atoms with Crippen molar-refractivity contribution in [3.05, 3.63) is 52.0 Å². The molecule has 0 aliphatic heterocycles. The Balaban J connectivity index is 2.01. The van der Waals surface area contributed by atoms with Crippen LogP contribution < -0.4 is 5.32 Å². The molecule has 1 aromatic carbocycles.